The number of benzene rings is 1. The number of rotatable bonds is 6. The Balaban J connectivity index is 1.91. The van der Waals surface area contributed by atoms with Gasteiger partial charge in [0.05, 0.1) is 0 Å². The van der Waals surface area contributed by atoms with Crippen molar-refractivity contribution in [2.24, 2.45) is 5.92 Å². The summed E-state index contributed by atoms with van der Waals surface area (Å²) in [5.41, 5.74) is 0.243. The number of amides is 1. The van der Waals surface area contributed by atoms with Gasteiger partial charge in [0.25, 0.3) is 0 Å². The Labute approximate surface area is 121 Å². The van der Waals surface area contributed by atoms with E-state index in [1.165, 1.54) is 4.90 Å². The molecule has 0 saturated heterocycles. The van der Waals surface area contributed by atoms with E-state index in [0.29, 0.717) is 19.4 Å². The molecule has 1 aromatic rings. The van der Waals surface area contributed by atoms with E-state index in [2.05, 4.69) is 0 Å². The Morgan fingerprint density at radius 1 is 1.38 bits per heavy atom. The van der Waals surface area contributed by atoms with Crippen LogP contribution < -0.4 is 0 Å². The zero-order chi connectivity index (χ0) is 15.6. The monoisotopic (exact) mass is 297 g/mol. The molecular weight excluding hydrogens is 280 g/mol. The van der Waals surface area contributed by atoms with E-state index in [4.69, 9.17) is 5.11 Å². The van der Waals surface area contributed by atoms with Gasteiger partial charge in [-0.3, -0.25) is 9.59 Å². The number of hydrogen-bond donors (Lipinski definition) is 1. The van der Waals surface area contributed by atoms with Crippen LogP contribution in [0.1, 0.15) is 30.7 Å². The van der Waals surface area contributed by atoms with Gasteiger partial charge in [0, 0.05) is 25.9 Å². The van der Waals surface area contributed by atoms with Crippen LogP contribution >= 0.6 is 0 Å². The average Bonchev–Trinajstić information content (AvgIpc) is 3.20. The highest BCUT2D eigenvalue weighted by atomic mass is 19.1. The third-order valence-corrected chi connectivity index (χ3v) is 3.73. The predicted molar refractivity (Wildman–Crippen MR) is 71.7 cm³/mol. The highest BCUT2D eigenvalue weighted by Gasteiger charge is 2.46. The van der Waals surface area contributed by atoms with E-state index < -0.39 is 17.6 Å². The van der Waals surface area contributed by atoms with Crippen molar-refractivity contribution in [2.45, 2.75) is 25.2 Å². The lowest BCUT2D eigenvalue weighted by atomic mass is 10.1. The molecule has 21 heavy (non-hydrogen) atoms. The van der Waals surface area contributed by atoms with Crippen LogP contribution in [0.5, 0.6) is 0 Å². The summed E-state index contributed by atoms with van der Waals surface area (Å²) < 4.78 is 26.8. The molecule has 1 aromatic carbocycles. The van der Waals surface area contributed by atoms with Crippen molar-refractivity contribution in [3.63, 3.8) is 0 Å². The van der Waals surface area contributed by atoms with Gasteiger partial charge in [0.2, 0.25) is 5.91 Å². The van der Waals surface area contributed by atoms with Crippen molar-refractivity contribution in [2.75, 3.05) is 13.6 Å². The van der Waals surface area contributed by atoms with Crippen molar-refractivity contribution < 1.29 is 23.5 Å². The number of hydrogen-bond acceptors (Lipinski definition) is 2. The number of carboxylic acid groups (broad SMARTS) is 1. The lowest BCUT2D eigenvalue weighted by molar-refractivity contribution is -0.138. The Hall–Kier alpha value is -1.98. The topological polar surface area (TPSA) is 57.6 Å². The van der Waals surface area contributed by atoms with Gasteiger partial charge in [-0.25, -0.2) is 8.78 Å². The van der Waals surface area contributed by atoms with Crippen LogP contribution in [0.15, 0.2) is 18.2 Å². The van der Waals surface area contributed by atoms with E-state index in [0.717, 1.165) is 18.2 Å². The van der Waals surface area contributed by atoms with E-state index in [1.807, 2.05) is 0 Å². The van der Waals surface area contributed by atoms with Gasteiger partial charge >= 0.3 is 5.97 Å². The summed E-state index contributed by atoms with van der Waals surface area (Å²) in [6.07, 6.45) is 0.885. The van der Waals surface area contributed by atoms with Gasteiger partial charge < -0.3 is 10.0 Å². The van der Waals surface area contributed by atoms with Gasteiger partial charge in [0.15, 0.2) is 0 Å². The number of halogens is 2. The fourth-order valence-corrected chi connectivity index (χ4v) is 2.47. The lowest BCUT2D eigenvalue weighted by Gasteiger charge is -2.16. The molecule has 1 aliphatic carbocycles. The molecule has 1 aliphatic rings. The SMILES string of the molecule is CN(CCCC(=O)O)C(=O)[C@H]1C[C@H]1c1cc(F)ccc1F. The Morgan fingerprint density at radius 2 is 2.10 bits per heavy atom. The number of carbonyl (C=O) groups is 2. The molecule has 4 nitrogen and oxygen atoms in total. The molecule has 0 heterocycles. The first kappa shape index (κ1) is 15.4. The van der Waals surface area contributed by atoms with E-state index in [-0.39, 0.29) is 29.7 Å². The van der Waals surface area contributed by atoms with Gasteiger partial charge in [-0.05, 0) is 42.5 Å². The van der Waals surface area contributed by atoms with E-state index >= 15 is 0 Å². The van der Waals surface area contributed by atoms with Crippen molar-refractivity contribution in [3.05, 3.63) is 35.4 Å². The second-order valence-electron chi connectivity index (χ2n) is 5.37. The maximum atomic E-state index is 13.6. The molecule has 1 amide bonds. The fourth-order valence-electron chi connectivity index (χ4n) is 2.47. The summed E-state index contributed by atoms with van der Waals surface area (Å²) in [5.74, 6) is -2.67. The minimum absolute atomic E-state index is 0.00421. The molecule has 6 heteroatoms. The normalized spacial score (nSPS) is 20.1. The van der Waals surface area contributed by atoms with Crippen molar-refractivity contribution in [1.82, 2.24) is 4.90 Å². The third kappa shape index (κ3) is 3.77. The van der Waals surface area contributed by atoms with E-state index in [1.54, 1.807) is 7.05 Å². The average molecular weight is 297 g/mol. The third-order valence-electron chi connectivity index (χ3n) is 3.73. The summed E-state index contributed by atoms with van der Waals surface area (Å²) in [6.45, 7) is 0.347. The molecule has 0 unspecified atom stereocenters. The summed E-state index contributed by atoms with van der Waals surface area (Å²) >= 11 is 0. The fraction of sp³-hybridized carbons (Fsp3) is 0.467. The molecular formula is C15H17F2NO3. The highest BCUT2D eigenvalue weighted by Crippen LogP contribution is 2.49. The molecule has 0 aromatic heterocycles. The summed E-state index contributed by atoms with van der Waals surface area (Å²) in [5, 5.41) is 8.55. The molecule has 0 bridgehead atoms. The molecule has 2 rings (SSSR count). The number of nitrogens with zero attached hydrogens (tertiary/aromatic N) is 1. The van der Waals surface area contributed by atoms with Crippen molar-refractivity contribution in [3.8, 4) is 0 Å². The summed E-state index contributed by atoms with van der Waals surface area (Å²) in [7, 11) is 1.60. The van der Waals surface area contributed by atoms with Gasteiger partial charge in [-0.1, -0.05) is 0 Å². The van der Waals surface area contributed by atoms with Crippen LogP contribution in [0.3, 0.4) is 0 Å². The molecule has 0 spiro atoms. The minimum atomic E-state index is -0.901. The highest BCUT2D eigenvalue weighted by molar-refractivity contribution is 5.82. The summed E-state index contributed by atoms with van der Waals surface area (Å²) in [4.78, 5) is 24.0. The van der Waals surface area contributed by atoms with Crippen molar-refractivity contribution >= 4 is 11.9 Å². The lowest BCUT2D eigenvalue weighted by Crippen LogP contribution is -2.29. The zero-order valence-corrected chi connectivity index (χ0v) is 11.7. The van der Waals surface area contributed by atoms with Gasteiger partial charge in [-0.15, -0.1) is 0 Å². The number of carboxylic acids is 1. The predicted octanol–water partition coefficient (Wildman–Crippen LogP) is 2.39. The number of carbonyl (C=O) groups excluding carboxylic acids is 1. The molecule has 1 fully saturated rings. The van der Waals surface area contributed by atoms with Crippen LogP contribution in [0.2, 0.25) is 0 Å². The van der Waals surface area contributed by atoms with Crippen LogP contribution in [-0.2, 0) is 9.59 Å². The minimum Gasteiger partial charge on any atom is -0.481 e. The second-order valence-corrected chi connectivity index (χ2v) is 5.37. The van der Waals surface area contributed by atoms with E-state index in [9.17, 15) is 18.4 Å². The Bertz CT molecular complexity index is 562. The standard InChI is InChI=1S/C15H17F2NO3/c1-18(6-2-3-14(19)20)15(21)12-8-10(12)11-7-9(16)4-5-13(11)17/h4-5,7,10,12H,2-3,6,8H2,1H3,(H,19,20)/t10-,12-/m0/s1. The maximum Gasteiger partial charge on any atom is 0.303 e. The first-order valence-corrected chi connectivity index (χ1v) is 6.82. The molecule has 2 atom stereocenters. The molecule has 114 valence electrons. The van der Waals surface area contributed by atoms with Crippen LogP contribution in [0.25, 0.3) is 0 Å². The zero-order valence-electron chi connectivity index (χ0n) is 11.7. The quantitative estimate of drug-likeness (QED) is 0.877. The smallest absolute Gasteiger partial charge is 0.303 e. The molecule has 1 N–H and O–H groups in total. The van der Waals surface area contributed by atoms with Crippen LogP contribution in [0, 0.1) is 17.6 Å². The van der Waals surface area contributed by atoms with Crippen molar-refractivity contribution in [1.29, 1.82) is 0 Å². The summed E-state index contributed by atoms with van der Waals surface area (Å²) in [6, 6.07) is 3.26. The first-order chi connectivity index (χ1) is 9.90. The van der Waals surface area contributed by atoms with Gasteiger partial charge in [-0.2, -0.15) is 0 Å². The number of aliphatic carboxylic acids is 1. The first-order valence-electron chi connectivity index (χ1n) is 6.82. The van der Waals surface area contributed by atoms with Crippen LogP contribution in [0.4, 0.5) is 8.78 Å². The molecule has 1 saturated carbocycles. The molecule has 0 aliphatic heterocycles. The Morgan fingerprint density at radius 3 is 2.76 bits per heavy atom. The second kappa shape index (κ2) is 6.20. The Kier molecular flexibility index (Phi) is 4.55. The van der Waals surface area contributed by atoms with Crippen LogP contribution in [-0.4, -0.2) is 35.5 Å². The maximum absolute atomic E-state index is 13.6. The molecule has 0 radical (unpaired) electrons. The van der Waals surface area contributed by atoms with Gasteiger partial charge in [0.1, 0.15) is 11.6 Å². The largest absolute Gasteiger partial charge is 0.481 e.